The van der Waals surface area contributed by atoms with E-state index >= 15 is 0 Å². The maximum absolute atomic E-state index is 6.07. The van der Waals surface area contributed by atoms with Crippen molar-refractivity contribution < 1.29 is 9.47 Å². The van der Waals surface area contributed by atoms with Crippen molar-refractivity contribution in [1.82, 2.24) is 4.90 Å². The monoisotopic (exact) mass is 396 g/mol. The Morgan fingerprint density at radius 3 is 2.31 bits per heavy atom. The number of likely N-dealkylation sites (tertiary alicyclic amines) is 1. The van der Waals surface area contributed by atoms with E-state index in [0.717, 1.165) is 23.5 Å². The molecule has 0 aromatic heterocycles. The fraction of sp³-hybridized carbons (Fsp3) is 0.435. The van der Waals surface area contributed by atoms with Gasteiger partial charge in [0.1, 0.15) is 11.5 Å². The lowest BCUT2D eigenvalue weighted by molar-refractivity contribution is 0.277. The first-order valence-corrected chi connectivity index (χ1v) is 10.3. The Morgan fingerprint density at radius 1 is 0.966 bits per heavy atom. The maximum Gasteiger partial charge on any atom is 0.193 e. The van der Waals surface area contributed by atoms with Gasteiger partial charge in [-0.3, -0.25) is 4.90 Å². The number of benzene rings is 2. The van der Waals surface area contributed by atoms with Crippen LogP contribution in [0.4, 0.5) is 5.69 Å². The first kappa shape index (κ1) is 21.0. The van der Waals surface area contributed by atoms with Crippen LogP contribution in [0.15, 0.2) is 47.5 Å². The van der Waals surface area contributed by atoms with E-state index in [1.54, 1.807) is 14.2 Å². The minimum Gasteiger partial charge on any atom is -0.497 e. The number of hydrogen-bond donors (Lipinski definition) is 2. The summed E-state index contributed by atoms with van der Waals surface area (Å²) in [6, 6.07) is 14.2. The first-order valence-electron chi connectivity index (χ1n) is 10.3. The predicted molar refractivity (Wildman–Crippen MR) is 119 cm³/mol. The Bertz CT molecular complexity index is 797. The number of nitrogens with one attached hydrogen (secondary N) is 1. The van der Waals surface area contributed by atoms with Crippen LogP contribution in [0, 0.1) is 0 Å². The van der Waals surface area contributed by atoms with E-state index in [1.807, 2.05) is 18.2 Å². The molecule has 3 N–H and O–H groups in total. The lowest BCUT2D eigenvalue weighted by Gasteiger charge is -2.19. The van der Waals surface area contributed by atoms with Crippen molar-refractivity contribution in [2.45, 2.75) is 38.8 Å². The van der Waals surface area contributed by atoms with E-state index in [9.17, 15) is 0 Å². The molecule has 1 saturated heterocycles. The molecule has 0 spiro atoms. The number of ether oxygens (including phenoxy) is 2. The molecule has 29 heavy (non-hydrogen) atoms. The molecule has 1 heterocycles. The normalized spacial score (nSPS) is 15.6. The quantitative estimate of drug-likeness (QED) is 0.547. The zero-order valence-corrected chi connectivity index (χ0v) is 17.5. The number of methoxy groups -OCH3 is 2. The van der Waals surface area contributed by atoms with Crippen molar-refractivity contribution in [3.05, 3.63) is 53.6 Å². The van der Waals surface area contributed by atoms with Gasteiger partial charge in [-0.1, -0.05) is 37.1 Å². The highest BCUT2D eigenvalue weighted by Gasteiger charge is 2.09. The van der Waals surface area contributed by atoms with Crippen molar-refractivity contribution in [1.29, 1.82) is 0 Å². The molecule has 0 radical (unpaired) electrons. The zero-order valence-electron chi connectivity index (χ0n) is 17.5. The summed E-state index contributed by atoms with van der Waals surface area (Å²) in [5.41, 5.74) is 9.28. The van der Waals surface area contributed by atoms with Gasteiger partial charge in [0, 0.05) is 12.6 Å². The molecule has 0 atom stereocenters. The molecule has 156 valence electrons. The molecule has 6 nitrogen and oxygen atoms in total. The average molecular weight is 397 g/mol. The lowest BCUT2D eigenvalue weighted by atomic mass is 10.1. The maximum atomic E-state index is 6.07. The Balaban J connectivity index is 1.56. The van der Waals surface area contributed by atoms with E-state index in [2.05, 4.69) is 39.5 Å². The molecule has 6 heteroatoms. The third kappa shape index (κ3) is 6.39. The molecular weight excluding hydrogens is 364 g/mol. The van der Waals surface area contributed by atoms with Gasteiger partial charge in [-0.05, 0) is 49.2 Å². The van der Waals surface area contributed by atoms with Crippen LogP contribution in [0.5, 0.6) is 11.5 Å². The summed E-state index contributed by atoms with van der Waals surface area (Å²) in [6.45, 7) is 3.97. The predicted octanol–water partition coefficient (Wildman–Crippen LogP) is 4.01. The molecule has 0 bridgehead atoms. The summed E-state index contributed by atoms with van der Waals surface area (Å²) < 4.78 is 10.6. The van der Waals surface area contributed by atoms with Gasteiger partial charge in [0.15, 0.2) is 5.96 Å². The number of nitrogens with two attached hydrogens (primary N) is 1. The summed E-state index contributed by atoms with van der Waals surface area (Å²) in [5, 5.41) is 3.09. The Kier molecular flexibility index (Phi) is 7.76. The van der Waals surface area contributed by atoms with Crippen LogP contribution in [-0.2, 0) is 13.1 Å². The number of guanidine groups is 1. The summed E-state index contributed by atoms with van der Waals surface area (Å²) in [6.07, 6.45) is 5.36. The molecule has 2 aromatic carbocycles. The molecule has 3 rings (SSSR count). The Labute approximate surface area is 173 Å². The molecule has 1 aliphatic heterocycles. The topological polar surface area (TPSA) is 72.1 Å². The van der Waals surface area contributed by atoms with Crippen molar-refractivity contribution in [2.24, 2.45) is 10.7 Å². The summed E-state index contributed by atoms with van der Waals surface area (Å²) in [4.78, 5) is 7.01. The lowest BCUT2D eigenvalue weighted by Crippen LogP contribution is -2.24. The van der Waals surface area contributed by atoms with Gasteiger partial charge < -0.3 is 20.5 Å². The number of aliphatic imine (C=N–C) groups is 1. The third-order valence-corrected chi connectivity index (χ3v) is 5.23. The summed E-state index contributed by atoms with van der Waals surface area (Å²) in [5.74, 6) is 1.74. The summed E-state index contributed by atoms with van der Waals surface area (Å²) in [7, 11) is 3.24. The van der Waals surface area contributed by atoms with Crippen molar-refractivity contribution in [3.63, 3.8) is 0 Å². The van der Waals surface area contributed by atoms with Gasteiger partial charge in [-0.2, -0.15) is 0 Å². The standard InChI is InChI=1S/C23H32N4O2/c1-28-20-11-12-22(29-2)21(15-20)26-23(24)25-16-18-7-9-19(10-8-18)17-27-13-5-3-4-6-14-27/h7-12,15H,3-6,13-14,16-17H2,1-2H3,(H3,24,25,26). The van der Waals surface area contributed by atoms with E-state index in [-0.39, 0.29) is 0 Å². The number of hydrogen-bond acceptors (Lipinski definition) is 4. The number of anilines is 1. The minimum absolute atomic E-state index is 0.338. The van der Waals surface area contributed by atoms with Crippen molar-refractivity contribution in [3.8, 4) is 11.5 Å². The first-order chi connectivity index (χ1) is 14.2. The fourth-order valence-corrected chi connectivity index (χ4v) is 3.57. The van der Waals surface area contributed by atoms with E-state index in [4.69, 9.17) is 15.2 Å². The van der Waals surface area contributed by atoms with Gasteiger partial charge in [0.25, 0.3) is 0 Å². The van der Waals surface area contributed by atoms with Gasteiger partial charge in [0.05, 0.1) is 26.5 Å². The highest BCUT2D eigenvalue weighted by atomic mass is 16.5. The SMILES string of the molecule is COc1ccc(OC)c(NC(N)=NCc2ccc(CN3CCCCCC3)cc2)c1. The second-order valence-electron chi connectivity index (χ2n) is 7.40. The highest BCUT2D eigenvalue weighted by Crippen LogP contribution is 2.28. The van der Waals surface area contributed by atoms with Gasteiger partial charge in [0.2, 0.25) is 0 Å². The number of rotatable bonds is 7. The molecule has 1 aliphatic rings. The molecule has 0 saturated carbocycles. The molecule has 1 fully saturated rings. The molecular formula is C23H32N4O2. The van der Waals surface area contributed by atoms with Crippen molar-refractivity contribution >= 4 is 11.6 Å². The van der Waals surface area contributed by atoms with Gasteiger partial charge in [-0.25, -0.2) is 4.99 Å². The van der Waals surface area contributed by atoms with E-state index in [1.165, 1.54) is 44.3 Å². The average Bonchev–Trinajstić information content (AvgIpc) is 3.02. The Hall–Kier alpha value is -2.73. The van der Waals surface area contributed by atoms with E-state index < -0.39 is 0 Å². The van der Waals surface area contributed by atoms with Crippen LogP contribution >= 0.6 is 0 Å². The molecule has 2 aromatic rings. The third-order valence-electron chi connectivity index (χ3n) is 5.23. The zero-order chi connectivity index (χ0) is 20.5. The number of nitrogens with zero attached hydrogens (tertiary/aromatic N) is 2. The summed E-state index contributed by atoms with van der Waals surface area (Å²) >= 11 is 0. The second kappa shape index (κ2) is 10.7. The molecule has 0 amide bonds. The van der Waals surface area contributed by atoms with Crippen molar-refractivity contribution in [2.75, 3.05) is 32.6 Å². The van der Waals surface area contributed by atoms with Crippen LogP contribution in [0.3, 0.4) is 0 Å². The van der Waals surface area contributed by atoms with Crippen LogP contribution < -0.4 is 20.5 Å². The smallest absolute Gasteiger partial charge is 0.193 e. The molecule has 0 unspecified atom stereocenters. The van der Waals surface area contributed by atoms with Crippen LogP contribution in [0.1, 0.15) is 36.8 Å². The second-order valence-corrected chi connectivity index (χ2v) is 7.40. The fourth-order valence-electron chi connectivity index (χ4n) is 3.57. The van der Waals surface area contributed by atoms with Crippen LogP contribution in [-0.4, -0.2) is 38.2 Å². The van der Waals surface area contributed by atoms with E-state index in [0.29, 0.717) is 18.3 Å². The minimum atomic E-state index is 0.338. The highest BCUT2D eigenvalue weighted by molar-refractivity contribution is 5.94. The largest absolute Gasteiger partial charge is 0.497 e. The van der Waals surface area contributed by atoms with Crippen LogP contribution in [0.2, 0.25) is 0 Å². The van der Waals surface area contributed by atoms with Gasteiger partial charge in [-0.15, -0.1) is 0 Å². The molecule has 0 aliphatic carbocycles. The van der Waals surface area contributed by atoms with Crippen LogP contribution in [0.25, 0.3) is 0 Å². The van der Waals surface area contributed by atoms with Gasteiger partial charge >= 0.3 is 0 Å². The Morgan fingerprint density at radius 2 is 1.66 bits per heavy atom.